The van der Waals surface area contributed by atoms with Crippen molar-refractivity contribution >= 4 is 5.97 Å². The van der Waals surface area contributed by atoms with Crippen molar-refractivity contribution in [3.63, 3.8) is 0 Å². The van der Waals surface area contributed by atoms with Gasteiger partial charge in [-0.25, -0.2) is 4.79 Å². The van der Waals surface area contributed by atoms with Crippen LogP contribution in [0.5, 0.6) is 0 Å². The van der Waals surface area contributed by atoms with Gasteiger partial charge in [0.05, 0.1) is 6.61 Å². The van der Waals surface area contributed by atoms with Crippen LogP contribution in [0, 0.1) is 0 Å². The Hall–Kier alpha value is -1.26. The predicted molar refractivity (Wildman–Crippen MR) is 54.6 cm³/mol. The highest BCUT2D eigenvalue weighted by Crippen LogP contribution is 2.47. The number of carbonyl (C=O) groups is 1. The molecule has 0 bridgehead atoms. The molecule has 0 aliphatic carbocycles. The fraction of sp³-hybridized carbons (Fsp3) is 0.700. The summed E-state index contributed by atoms with van der Waals surface area (Å²) in [5, 5.41) is 26.1. The molecule has 0 saturated carbocycles. The standard InChI is InChI=1S/C10H13F5O5/c1-5(2)6(17)20-7(3,4-16)8(11,12)9(18,19)10(13,14)15/h16,18-19H,1,4H2,2-3H3. The molecule has 20 heavy (non-hydrogen) atoms. The van der Waals surface area contributed by atoms with Crippen LogP contribution in [-0.2, 0) is 9.53 Å². The summed E-state index contributed by atoms with van der Waals surface area (Å²) in [6.45, 7) is 2.47. The van der Waals surface area contributed by atoms with Gasteiger partial charge in [-0.3, -0.25) is 0 Å². The van der Waals surface area contributed by atoms with Crippen LogP contribution >= 0.6 is 0 Å². The van der Waals surface area contributed by atoms with E-state index in [9.17, 15) is 26.7 Å². The first-order chi connectivity index (χ1) is 8.64. The van der Waals surface area contributed by atoms with Crippen molar-refractivity contribution in [2.75, 3.05) is 6.61 Å². The highest BCUT2D eigenvalue weighted by molar-refractivity contribution is 5.87. The molecule has 0 aromatic carbocycles. The smallest absolute Gasteiger partial charge is 0.447 e. The van der Waals surface area contributed by atoms with E-state index in [0.29, 0.717) is 0 Å². The number of hydrogen-bond donors (Lipinski definition) is 3. The minimum Gasteiger partial charge on any atom is -0.447 e. The Balaban J connectivity index is 5.73. The summed E-state index contributed by atoms with van der Waals surface area (Å²) in [6.07, 6.45) is -6.15. The van der Waals surface area contributed by atoms with Gasteiger partial charge in [-0.05, 0) is 13.8 Å². The molecule has 1 unspecified atom stereocenters. The first kappa shape index (κ1) is 18.7. The molecular formula is C10H13F5O5. The molecule has 118 valence electrons. The molecular weight excluding hydrogens is 295 g/mol. The first-order valence-corrected chi connectivity index (χ1v) is 5.03. The van der Waals surface area contributed by atoms with Crippen molar-refractivity contribution in [1.29, 1.82) is 0 Å². The molecule has 1 atom stereocenters. The average Bonchev–Trinajstić information content (AvgIpc) is 2.26. The number of hydrogen-bond acceptors (Lipinski definition) is 5. The topological polar surface area (TPSA) is 87.0 Å². The van der Waals surface area contributed by atoms with Gasteiger partial charge in [0.15, 0.2) is 0 Å². The van der Waals surface area contributed by atoms with Crippen LogP contribution in [0.4, 0.5) is 22.0 Å². The van der Waals surface area contributed by atoms with Crippen molar-refractivity contribution < 1.29 is 46.8 Å². The maximum absolute atomic E-state index is 13.7. The van der Waals surface area contributed by atoms with Crippen LogP contribution in [-0.4, -0.2) is 51.4 Å². The zero-order valence-corrected chi connectivity index (χ0v) is 10.5. The molecule has 0 aromatic heterocycles. The van der Waals surface area contributed by atoms with E-state index in [1.807, 2.05) is 0 Å². The van der Waals surface area contributed by atoms with E-state index in [1.165, 1.54) is 0 Å². The number of aliphatic hydroxyl groups excluding tert-OH is 1. The lowest BCUT2D eigenvalue weighted by Gasteiger charge is -2.42. The van der Waals surface area contributed by atoms with E-state index in [-0.39, 0.29) is 6.92 Å². The van der Waals surface area contributed by atoms with E-state index in [4.69, 9.17) is 15.3 Å². The monoisotopic (exact) mass is 308 g/mol. The minimum atomic E-state index is -6.15. The highest BCUT2D eigenvalue weighted by Gasteiger charge is 2.76. The molecule has 0 radical (unpaired) electrons. The SMILES string of the molecule is C=C(C)C(=O)OC(C)(CO)C(F)(F)C(O)(O)C(F)(F)F. The molecule has 0 heterocycles. The van der Waals surface area contributed by atoms with Gasteiger partial charge < -0.3 is 20.1 Å². The second kappa shape index (κ2) is 5.26. The molecule has 0 aromatic rings. The summed E-state index contributed by atoms with van der Waals surface area (Å²) in [5.41, 5.74) is -3.96. The highest BCUT2D eigenvalue weighted by atomic mass is 19.4. The number of aliphatic hydroxyl groups is 3. The van der Waals surface area contributed by atoms with Crippen molar-refractivity contribution in [2.24, 2.45) is 0 Å². The molecule has 0 spiro atoms. The normalized spacial score (nSPS) is 16.5. The third kappa shape index (κ3) is 2.91. The number of carbonyl (C=O) groups excluding carboxylic acids is 1. The minimum absolute atomic E-state index is 0.223. The maximum atomic E-state index is 13.7. The van der Waals surface area contributed by atoms with Gasteiger partial charge in [0.2, 0.25) is 5.60 Å². The lowest BCUT2D eigenvalue weighted by atomic mass is 9.90. The third-order valence-corrected chi connectivity index (χ3v) is 2.47. The van der Waals surface area contributed by atoms with Crippen molar-refractivity contribution in [3.05, 3.63) is 12.2 Å². The summed E-state index contributed by atoms with van der Waals surface area (Å²) in [7, 11) is 0. The Kier molecular flexibility index (Phi) is 4.93. The fourth-order valence-electron chi connectivity index (χ4n) is 1.03. The van der Waals surface area contributed by atoms with E-state index in [2.05, 4.69) is 11.3 Å². The molecule has 0 aliphatic rings. The summed E-state index contributed by atoms with van der Waals surface area (Å²) in [6, 6.07) is 0. The molecule has 5 nitrogen and oxygen atoms in total. The van der Waals surface area contributed by atoms with Gasteiger partial charge in [0.25, 0.3) is 0 Å². The zero-order valence-electron chi connectivity index (χ0n) is 10.5. The van der Waals surface area contributed by atoms with Crippen LogP contribution < -0.4 is 0 Å². The fourth-order valence-corrected chi connectivity index (χ4v) is 1.03. The van der Waals surface area contributed by atoms with Crippen molar-refractivity contribution in [1.82, 2.24) is 0 Å². The van der Waals surface area contributed by atoms with Crippen LogP contribution in [0.3, 0.4) is 0 Å². The van der Waals surface area contributed by atoms with E-state index in [0.717, 1.165) is 6.92 Å². The molecule has 0 rings (SSSR count). The number of alkyl halides is 5. The Bertz CT molecular complexity index is 403. The Labute approximate surface area is 110 Å². The average molecular weight is 308 g/mol. The largest absolute Gasteiger partial charge is 0.449 e. The van der Waals surface area contributed by atoms with E-state index < -0.39 is 41.6 Å². The number of ether oxygens (including phenoxy) is 1. The van der Waals surface area contributed by atoms with E-state index in [1.54, 1.807) is 0 Å². The van der Waals surface area contributed by atoms with Crippen LogP contribution in [0.25, 0.3) is 0 Å². The molecule has 0 aliphatic heterocycles. The van der Waals surface area contributed by atoms with Crippen LogP contribution in [0.1, 0.15) is 13.8 Å². The molecule has 3 N–H and O–H groups in total. The first-order valence-electron chi connectivity index (χ1n) is 5.03. The third-order valence-electron chi connectivity index (χ3n) is 2.47. The molecule has 10 heteroatoms. The summed E-state index contributed by atoms with van der Waals surface area (Å²) in [4.78, 5) is 11.1. The Morgan fingerprint density at radius 1 is 1.20 bits per heavy atom. The van der Waals surface area contributed by atoms with Gasteiger partial charge in [-0.1, -0.05) is 6.58 Å². The maximum Gasteiger partial charge on any atom is 0.449 e. The predicted octanol–water partition coefficient (Wildman–Crippen LogP) is 0.735. The van der Waals surface area contributed by atoms with Crippen molar-refractivity contribution in [3.8, 4) is 0 Å². The summed E-state index contributed by atoms with van der Waals surface area (Å²) in [5.74, 6) is -12.5. The van der Waals surface area contributed by atoms with Gasteiger partial charge >= 0.3 is 23.9 Å². The summed E-state index contributed by atoms with van der Waals surface area (Å²) >= 11 is 0. The van der Waals surface area contributed by atoms with Gasteiger partial charge in [0, 0.05) is 5.57 Å². The van der Waals surface area contributed by atoms with Gasteiger partial charge in [-0.15, -0.1) is 0 Å². The second-order valence-electron chi connectivity index (χ2n) is 4.30. The lowest BCUT2D eigenvalue weighted by molar-refractivity contribution is -0.441. The van der Waals surface area contributed by atoms with Gasteiger partial charge in [-0.2, -0.15) is 22.0 Å². The second-order valence-corrected chi connectivity index (χ2v) is 4.30. The molecule has 0 amide bonds. The molecule has 0 saturated heterocycles. The Morgan fingerprint density at radius 2 is 1.60 bits per heavy atom. The Morgan fingerprint density at radius 3 is 1.85 bits per heavy atom. The summed E-state index contributed by atoms with van der Waals surface area (Å²) < 4.78 is 68.2. The van der Waals surface area contributed by atoms with Crippen LogP contribution in [0.2, 0.25) is 0 Å². The van der Waals surface area contributed by atoms with E-state index >= 15 is 0 Å². The lowest BCUT2D eigenvalue weighted by Crippen LogP contribution is -2.69. The quantitative estimate of drug-likeness (QED) is 0.302. The number of esters is 1. The number of rotatable bonds is 5. The van der Waals surface area contributed by atoms with Crippen LogP contribution in [0.15, 0.2) is 12.2 Å². The zero-order chi connectivity index (χ0) is 16.6. The molecule has 0 fully saturated rings. The van der Waals surface area contributed by atoms with Crippen molar-refractivity contribution in [2.45, 2.75) is 37.3 Å². The number of halogens is 5. The van der Waals surface area contributed by atoms with Gasteiger partial charge in [0.1, 0.15) is 0 Å².